The van der Waals surface area contributed by atoms with Crippen LogP contribution in [0.2, 0.25) is 0 Å². The first-order chi connectivity index (χ1) is 14.5. The second kappa shape index (κ2) is 8.44. The number of hydrogen-bond donors (Lipinski definition) is 1. The van der Waals surface area contributed by atoms with Crippen LogP contribution < -0.4 is 10.9 Å². The summed E-state index contributed by atoms with van der Waals surface area (Å²) in [6, 6.07) is 8.53. The van der Waals surface area contributed by atoms with Crippen molar-refractivity contribution >= 4 is 39.2 Å². The maximum absolute atomic E-state index is 12.9. The third kappa shape index (κ3) is 3.77. The first kappa shape index (κ1) is 20.3. The molecule has 6 nitrogen and oxygen atoms in total. The number of fused-ring (bicyclic) bond motifs is 2. The van der Waals surface area contributed by atoms with E-state index in [4.69, 9.17) is 9.15 Å². The number of hydrogen-bond acceptors (Lipinski definition) is 6. The Morgan fingerprint density at radius 2 is 2.07 bits per heavy atom. The summed E-state index contributed by atoms with van der Waals surface area (Å²) in [7, 11) is 0. The number of esters is 1. The van der Waals surface area contributed by atoms with Gasteiger partial charge >= 0.3 is 11.6 Å². The van der Waals surface area contributed by atoms with Gasteiger partial charge in [-0.15, -0.1) is 11.3 Å². The van der Waals surface area contributed by atoms with E-state index in [1.165, 1.54) is 17.4 Å². The fourth-order valence-corrected chi connectivity index (χ4v) is 5.25. The van der Waals surface area contributed by atoms with E-state index < -0.39 is 17.5 Å². The van der Waals surface area contributed by atoms with Crippen LogP contribution in [0.15, 0.2) is 39.5 Å². The third-order valence-electron chi connectivity index (χ3n) is 5.54. The van der Waals surface area contributed by atoms with Gasteiger partial charge in [-0.2, -0.15) is 0 Å². The fraction of sp³-hybridized carbons (Fsp3) is 0.348. The second-order valence-corrected chi connectivity index (χ2v) is 8.49. The quantitative estimate of drug-likeness (QED) is 0.469. The Morgan fingerprint density at radius 3 is 2.83 bits per heavy atom. The van der Waals surface area contributed by atoms with E-state index in [-0.39, 0.29) is 12.2 Å². The van der Waals surface area contributed by atoms with Crippen LogP contribution in [0.1, 0.15) is 57.8 Å². The van der Waals surface area contributed by atoms with Crippen molar-refractivity contribution in [2.75, 3.05) is 11.9 Å². The number of nitrogens with one attached hydrogen (secondary N) is 1. The highest BCUT2D eigenvalue weighted by Gasteiger charge is 2.30. The summed E-state index contributed by atoms with van der Waals surface area (Å²) in [6.07, 6.45) is 3.75. The molecule has 0 spiro atoms. The molecule has 1 atom stereocenters. The van der Waals surface area contributed by atoms with E-state index in [0.717, 1.165) is 36.1 Å². The van der Waals surface area contributed by atoms with E-state index >= 15 is 0 Å². The lowest BCUT2D eigenvalue weighted by Crippen LogP contribution is -2.21. The number of para-hydroxylation sites is 1. The molecule has 0 bridgehead atoms. The van der Waals surface area contributed by atoms with Crippen LogP contribution in [0.25, 0.3) is 11.0 Å². The summed E-state index contributed by atoms with van der Waals surface area (Å²) in [5.41, 5.74) is 0.995. The summed E-state index contributed by atoms with van der Waals surface area (Å²) in [6.45, 7) is 4.17. The van der Waals surface area contributed by atoms with Gasteiger partial charge in [0.15, 0.2) is 0 Å². The van der Waals surface area contributed by atoms with Gasteiger partial charge in [-0.3, -0.25) is 4.79 Å². The van der Waals surface area contributed by atoms with Crippen LogP contribution in [-0.4, -0.2) is 18.5 Å². The number of thiophene rings is 1. The van der Waals surface area contributed by atoms with Gasteiger partial charge in [0, 0.05) is 10.3 Å². The monoisotopic (exact) mass is 425 g/mol. The highest BCUT2D eigenvalue weighted by molar-refractivity contribution is 7.17. The molecule has 0 unspecified atom stereocenters. The number of carbonyl (C=O) groups is 2. The summed E-state index contributed by atoms with van der Waals surface area (Å²) in [4.78, 5) is 39.0. The first-order valence-electron chi connectivity index (χ1n) is 10.2. The van der Waals surface area contributed by atoms with Crippen molar-refractivity contribution < 1.29 is 18.7 Å². The molecule has 30 heavy (non-hydrogen) atoms. The number of anilines is 1. The molecular formula is C23H23NO5S. The van der Waals surface area contributed by atoms with Crippen molar-refractivity contribution in [3.8, 4) is 0 Å². The number of rotatable bonds is 5. The second-order valence-electron chi connectivity index (χ2n) is 7.38. The molecule has 0 saturated heterocycles. The van der Waals surface area contributed by atoms with Crippen LogP contribution >= 0.6 is 11.3 Å². The average Bonchev–Trinajstić information content (AvgIpc) is 3.10. The van der Waals surface area contributed by atoms with Crippen LogP contribution in [0.3, 0.4) is 0 Å². The molecule has 3 aromatic rings. The van der Waals surface area contributed by atoms with Gasteiger partial charge < -0.3 is 14.5 Å². The molecule has 1 aromatic carbocycles. The molecule has 7 heteroatoms. The minimum atomic E-state index is -0.712. The molecule has 0 saturated carbocycles. The van der Waals surface area contributed by atoms with Gasteiger partial charge in [0.25, 0.3) is 5.91 Å². The highest BCUT2D eigenvalue weighted by atomic mass is 32.1. The average molecular weight is 426 g/mol. The molecule has 2 heterocycles. The van der Waals surface area contributed by atoms with Gasteiger partial charge in [0.05, 0.1) is 12.2 Å². The van der Waals surface area contributed by atoms with Crippen LogP contribution in [-0.2, 0) is 17.6 Å². The Labute approximate surface area is 177 Å². The molecule has 4 rings (SSSR count). The zero-order chi connectivity index (χ0) is 21.3. The number of ether oxygens (including phenoxy) is 1. The summed E-state index contributed by atoms with van der Waals surface area (Å²) in [5, 5.41) is 3.87. The number of carbonyl (C=O) groups excluding carboxylic acids is 2. The molecule has 0 aliphatic heterocycles. The summed E-state index contributed by atoms with van der Waals surface area (Å²) in [5.74, 6) is -0.459. The summed E-state index contributed by atoms with van der Waals surface area (Å²) >= 11 is 1.40. The maximum atomic E-state index is 12.9. The predicted octanol–water partition coefficient (Wildman–Crippen LogP) is 4.80. The molecule has 1 aliphatic rings. The Kier molecular flexibility index (Phi) is 5.72. The molecular weight excluding hydrogens is 402 g/mol. The van der Waals surface area contributed by atoms with Crippen LogP contribution in [0, 0.1) is 5.92 Å². The molecule has 0 fully saturated rings. The van der Waals surface area contributed by atoms with E-state index in [1.807, 2.05) is 0 Å². The van der Waals surface area contributed by atoms with Crippen molar-refractivity contribution in [1.29, 1.82) is 0 Å². The van der Waals surface area contributed by atoms with Gasteiger partial charge in [-0.1, -0.05) is 31.5 Å². The zero-order valence-corrected chi connectivity index (χ0v) is 17.8. The molecule has 1 amide bonds. The van der Waals surface area contributed by atoms with Crippen molar-refractivity contribution in [1.82, 2.24) is 0 Å². The topological polar surface area (TPSA) is 85.6 Å². The first-order valence-corrected chi connectivity index (χ1v) is 11.0. The van der Waals surface area contributed by atoms with Crippen molar-refractivity contribution in [3.63, 3.8) is 0 Å². The largest absolute Gasteiger partial charge is 0.462 e. The molecule has 1 N–H and O–H groups in total. The highest BCUT2D eigenvalue weighted by Crippen LogP contribution is 2.41. The Bertz CT molecular complexity index is 1180. The Morgan fingerprint density at radius 1 is 1.27 bits per heavy atom. The fourth-order valence-electron chi connectivity index (χ4n) is 3.90. The van der Waals surface area contributed by atoms with E-state index in [0.29, 0.717) is 27.5 Å². The molecule has 1 aliphatic carbocycles. The number of amides is 1. The lowest BCUT2D eigenvalue weighted by Gasteiger charge is -2.20. The lowest BCUT2D eigenvalue weighted by molar-refractivity contribution is 0.0526. The van der Waals surface area contributed by atoms with Gasteiger partial charge in [0.1, 0.15) is 16.1 Å². The SMILES string of the molecule is CCOC(=O)c1c(NC(=O)c2cc3ccccc3oc2=O)sc2c1CC[C@H](CC)C2. The van der Waals surface area contributed by atoms with Gasteiger partial charge in [-0.05, 0) is 49.8 Å². The van der Waals surface area contributed by atoms with Crippen molar-refractivity contribution in [3.05, 3.63) is 62.3 Å². The minimum absolute atomic E-state index is 0.0960. The predicted molar refractivity (Wildman–Crippen MR) is 117 cm³/mol. The number of benzene rings is 1. The van der Waals surface area contributed by atoms with E-state index in [9.17, 15) is 14.4 Å². The lowest BCUT2D eigenvalue weighted by atomic mass is 9.85. The maximum Gasteiger partial charge on any atom is 0.349 e. The van der Waals surface area contributed by atoms with E-state index in [2.05, 4.69) is 12.2 Å². The van der Waals surface area contributed by atoms with Gasteiger partial charge in [-0.25, -0.2) is 9.59 Å². The molecule has 156 valence electrons. The van der Waals surface area contributed by atoms with Crippen molar-refractivity contribution in [2.24, 2.45) is 5.92 Å². The van der Waals surface area contributed by atoms with Gasteiger partial charge in [0.2, 0.25) is 0 Å². The smallest absolute Gasteiger partial charge is 0.349 e. The molecule has 2 aromatic heterocycles. The van der Waals surface area contributed by atoms with Crippen molar-refractivity contribution in [2.45, 2.75) is 39.5 Å². The van der Waals surface area contributed by atoms with Crippen LogP contribution in [0.5, 0.6) is 0 Å². The standard InChI is InChI=1S/C23H23NO5S/c1-3-13-9-10-15-18(11-13)30-21(19(15)23(27)28-4-2)24-20(25)16-12-14-7-5-6-8-17(14)29-22(16)26/h5-8,12-13H,3-4,9-11H2,1-2H3,(H,24,25)/t13-/m0/s1. The Balaban J connectivity index is 1.71. The normalized spacial score (nSPS) is 15.6. The zero-order valence-electron chi connectivity index (χ0n) is 16.9. The van der Waals surface area contributed by atoms with E-state index in [1.54, 1.807) is 31.2 Å². The minimum Gasteiger partial charge on any atom is -0.462 e. The summed E-state index contributed by atoms with van der Waals surface area (Å²) < 4.78 is 10.5. The third-order valence-corrected chi connectivity index (χ3v) is 6.71. The Hall–Kier alpha value is -2.93. The molecule has 0 radical (unpaired) electrons. The van der Waals surface area contributed by atoms with Crippen LogP contribution in [0.4, 0.5) is 5.00 Å².